The Morgan fingerprint density at radius 1 is 1.03 bits per heavy atom. The number of carbonyl (C=O) groups is 1. The van der Waals surface area contributed by atoms with Crippen molar-refractivity contribution >= 4 is 23.4 Å². The lowest BCUT2D eigenvalue weighted by Crippen LogP contribution is -2.10. The average molecular weight is 545 g/mol. The van der Waals surface area contributed by atoms with Gasteiger partial charge in [0.2, 0.25) is 0 Å². The Labute approximate surface area is 234 Å². The molecule has 2 N–H and O–H groups in total. The highest BCUT2D eigenvalue weighted by molar-refractivity contribution is 7.99. The Morgan fingerprint density at radius 3 is 2.38 bits per heavy atom. The first kappa shape index (κ1) is 28.2. The summed E-state index contributed by atoms with van der Waals surface area (Å²) in [4.78, 5) is 11.9. The number of benzene rings is 3. The highest BCUT2D eigenvalue weighted by atomic mass is 32.2. The second-order valence-corrected chi connectivity index (χ2v) is 11.6. The predicted octanol–water partition coefficient (Wildman–Crippen LogP) is 6.96. The summed E-state index contributed by atoms with van der Waals surface area (Å²) < 4.78 is 8.12. The Morgan fingerprint density at radius 2 is 1.74 bits per heavy atom. The van der Waals surface area contributed by atoms with E-state index in [9.17, 15) is 4.79 Å². The van der Waals surface area contributed by atoms with E-state index in [1.54, 1.807) is 11.8 Å². The maximum absolute atomic E-state index is 10.9. The summed E-state index contributed by atoms with van der Waals surface area (Å²) in [5.74, 6) is 0.825. The van der Waals surface area contributed by atoms with Crippen LogP contribution in [0.4, 0.5) is 5.69 Å². The van der Waals surface area contributed by atoms with Gasteiger partial charge in [0, 0.05) is 35.3 Å². The first-order valence-electron chi connectivity index (χ1n) is 13.1. The predicted molar refractivity (Wildman–Crippen MR) is 157 cm³/mol. The number of rotatable bonds is 11. The summed E-state index contributed by atoms with van der Waals surface area (Å²) >= 11 is 1.56. The lowest BCUT2D eigenvalue weighted by Gasteiger charge is -2.19. The SMILES string of the molecule is CCCOc1cc(Sc2nnc(-c3ccc(C(C)(C)C)cc3)n2C)ccc1CNc1ccc(CC(=O)O)cc1. The van der Waals surface area contributed by atoms with Crippen LogP contribution in [0.5, 0.6) is 5.75 Å². The van der Waals surface area contributed by atoms with Gasteiger partial charge in [-0.15, -0.1) is 10.2 Å². The zero-order valence-corrected chi connectivity index (χ0v) is 24.0. The third-order valence-corrected chi connectivity index (χ3v) is 7.37. The zero-order valence-electron chi connectivity index (χ0n) is 23.2. The molecule has 4 rings (SSSR count). The molecule has 0 spiro atoms. The van der Waals surface area contributed by atoms with Gasteiger partial charge in [0.25, 0.3) is 0 Å². The van der Waals surface area contributed by atoms with Crippen LogP contribution in [0.15, 0.2) is 76.8 Å². The number of hydrogen-bond acceptors (Lipinski definition) is 6. The van der Waals surface area contributed by atoms with Crippen molar-refractivity contribution in [2.75, 3.05) is 11.9 Å². The van der Waals surface area contributed by atoms with Crippen molar-refractivity contribution in [1.82, 2.24) is 14.8 Å². The van der Waals surface area contributed by atoms with E-state index in [-0.39, 0.29) is 11.8 Å². The average Bonchev–Trinajstić information content (AvgIpc) is 3.26. The van der Waals surface area contributed by atoms with Gasteiger partial charge in [-0.25, -0.2) is 0 Å². The summed E-state index contributed by atoms with van der Waals surface area (Å²) in [6.07, 6.45) is 0.931. The smallest absolute Gasteiger partial charge is 0.307 e. The van der Waals surface area contributed by atoms with Crippen molar-refractivity contribution < 1.29 is 14.6 Å². The number of aliphatic carboxylic acids is 1. The fourth-order valence-corrected chi connectivity index (χ4v) is 4.90. The summed E-state index contributed by atoms with van der Waals surface area (Å²) in [5, 5.41) is 22.1. The van der Waals surface area contributed by atoms with Crippen LogP contribution in [0, 0.1) is 0 Å². The van der Waals surface area contributed by atoms with Gasteiger partial charge >= 0.3 is 5.97 Å². The summed E-state index contributed by atoms with van der Waals surface area (Å²) in [6.45, 7) is 9.93. The van der Waals surface area contributed by atoms with Crippen LogP contribution in [0.3, 0.4) is 0 Å². The van der Waals surface area contributed by atoms with Crippen molar-refractivity contribution in [3.8, 4) is 17.1 Å². The van der Waals surface area contributed by atoms with Crippen molar-refractivity contribution in [2.45, 2.75) is 62.5 Å². The maximum Gasteiger partial charge on any atom is 0.307 e. The van der Waals surface area contributed by atoms with E-state index in [2.05, 4.69) is 85.7 Å². The third kappa shape index (κ3) is 7.41. The number of hydrogen-bond donors (Lipinski definition) is 2. The Balaban J connectivity index is 1.48. The number of carboxylic acid groups (broad SMARTS) is 1. The molecule has 8 heteroatoms. The number of anilines is 1. The molecule has 3 aromatic carbocycles. The molecule has 0 aliphatic rings. The first-order chi connectivity index (χ1) is 18.6. The molecule has 0 amide bonds. The van der Waals surface area contributed by atoms with E-state index in [0.29, 0.717) is 13.2 Å². The molecule has 39 heavy (non-hydrogen) atoms. The van der Waals surface area contributed by atoms with E-state index in [1.165, 1.54) is 5.56 Å². The highest BCUT2D eigenvalue weighted by Crippen LogP contribution is 2.33. The molecule has 0 atom stereocenters. The lowest BCUT2D eigenvalue weighted by atomic mass is 9.87. The van der Waals surface area contributed by atoms with E-state index in [4.69, 9.17) is 9.84 Å². The molecule has 0 saturated heterocycles. The molecular formula is C31H36N4O3S. The van der Waals surface area contributed by atoms with Crippen LogP contribution in [0.1, 0.15) is 50.8 Å². The van der Waals surface area contributed by atoms with E-state index in [0.717, 1.165) is 50.4 Å². The van der Waals surface area contributed by atoms with Crippen LogP contribution < -0.4 is 10.1 Å². The van der Waals surface area contributed by atoms with Gasteiger partial charge in [0.15, 0.2) is 11.0 Å². The lowest BCUT2D eigenvalue weighted by molar-refractivity contribution is -0.136. The molecule has 0 unspecified atom stereocenters. The third-order valence-electron chi connectivity index (χ3n) is 6.35. The summed E-state index contributed by atoms with van der Waals surface area (Å²) in [5.41, 5.74) is 5.16. The Bertz CT molecular complexity index is 1410. The Kier molecular flexibility index (Phi) is 8.97. The molecular weight excluding hydrogens is 508 g/mol. The van der Waals surface area contributed by atoms with Crippen LogP contribution in [0.2, 0.25) is 0 Å². The van der Waals surface area contributed by atoms with Crippen LogP contribution in [-0.4, -0.2) is 32.4 Å². The molecule has 1 heterocycles. The molecule has 0 aliphatic heterocycles. The summed E-state index contributed by atoms with van der Waals surface area (Å²) in [7, 11) is 1.99. The molecule has 204 valence electrons. The molecule has 0 fully saturated rings. The van der Waals surface area contributed by atoms with Gasteiger partial charge in [-0.05, 0) is 59.0 Å². The van der Waals surface area contributed by atoms with Crippen molar-refractivity contribution in [1.29, 1.82) is 0 Å². The minimum absolute atomic E-state index is 0.0188. The Hall–Kier alpha value is -3.78. The first-order valence-corrected chi connectivity index (χ1v) is 13.9. The minimum atomic E-state index is -0.835. The standard InChI is InChI=1S/C31H36N4O3S/c1-6-17-38-27-19-26(16-11-23(27)20-32-25-14-7-21(8-15-25)18-28(36)37)39-30-34-33-29(35(30)5)22-9-12-24(13-10-22)31(2,3)4/h7-16,19,32H,6,17-18,20H2,1-5H3,(H,36,37). The van der Waals surface area contributed by atoms with Gasteiger partial charge < -0.3 is 19.7 Å². The van der Waals surface area contributed by atoms with Gasteiger partial charge in [-0.3, -0.25) is 4.79 Å². The number of ether oxygens (including phenoxy) is 1. The van der Waals surface area contributed by atoms with Crippen LogP contribution >= 0.6 is 11.8 Å². The van der Waals surface area contributed by atoms with Gasteiger partial charge in [-0.2, -0.15) is 0 Å². The molecule has 1 aromatic heterocycles. The van der Waals surface area contributed by atoms with E-state index < -0.39 is 5.97 Å². The summed E-state index contributed by atoms with van der Waals surface area (Å²) in [6, 6.07) is 22.2. The van der Waals surface area contributed by atoms with Crippen molar-refractivity contribution in [2.24, 2.45) is 7.05 Å². The van der Waals surface area contributed by atoms with Gasteiger partial charge in [0.1, 0.15) is 5.75 Å². The molecule has 0 radical (unpaired) electrons. The second-order valence-electron chi connectivity index (χ2n) is 10.5. The van der Waals surface area contributed by atoms with Gasteiger partial charge in [0.05, 0.1) is 13.0 Å². The van der Waals surface area contributed by atoms with Gasteiger partial charge in [-0.1, -0.05) is 70.2 Å². The fourth-order valence-electron chi connectivity index (χ4n) is 4.08. The molecule has 0 bridgehead atoms. The fraction of sp³-hybridized carbons (Fsp3) is 0.323. The number of nitrogens with one attached hydrogen (secondary N) is 1. The number of aromatic nitrogens is 3. The topological polar surface area (TPSA) is 89.3 Å². The molecule has 0 aliphatic carbocycles. The monoisotopic (exact) mass is 544 g/mol. The van der Waals surface area contributed by atoms with Crippen molar-refractivity contribution in [3.63, 3.8) is 0 Å². The quantitative estimate of drug-likeness (QED) is 0.211. The molecule has 4 aromatic rings. The zero-order chi connectivity index (χ0) is 28.0. The minimum Gasteiger partial charge on any atom is -0.493 e. The normalized spacial score (nSPS) is 11.4. The van der Waals surface area contributed by atoms with E-state index in [1.807, 2.05) is 35.9 Å². The van der Waals surface area contributed by atoms with Crippen LogP contribution in [0.25, 0.3) is 11.4 Å². The number of carboxylic acids is 1. The largest absolute Gasteiger partial charge is 0.493 e. The van der Waals surface area contributed by atoms with Crippen molar-refractivity contribution in [3.05, 3.63) is 83.4 Å². The molecule has 7 nitrogen and oxygen atoms in total. The second kappa shape index (κ2) is 12.4. The van der Waals surface area contributed by atoms with Crippen LogP contribution in [-0.2, 0) is 30.2 Å². The van der Waals surface area contributed by atoms with E-state index >= 15 is 0 Å². The molecule has 0 saturated carbocycles. The maximum atomic E-state index is 10.9. The highest BCUT2D eigenvalue weighted by Gasteiger charge is 2.16. The number of nitrogens with zero attached hydrogens (tertiary/aromatic N) is 3.